The van der Waals surface area contributed by atoms with Crippen LogP contribution in [0.25, 0.3) is 11.1 Å². The molecule has 0 amide bonds. The molecule has 0 spiro atoms. The van der Waals surface area contributed by atoms with Crippen molar-refractivity contribution in [3.63, 3.8) is 0 Å². The van der Waals surface area contributed by atoms with Crippen LogP contribution in [0, 0.1) is 19.9 Å². The monoisotopic (exact) mass is 181 g/mol. The molecule has 0 unspecified atom stereocenters. The minimum Gasteiger partial charge on any atom is -0.0622 e. The SMILES string of the molecule is Cc1[c]cc(C)c(-c2ccccc2)c1. The maximum Gasteiger partial charge on any atom is -0.0149 e. The van der Waals surface area contributed by atoms with Crippen molar-refractivity contribution in [2.75, 3.05) is 0 Å². The van der Waals surface area contributed by atoms with Gasteiger partial charge in [0.2, 0.25) is 0 Å². The van der Waals surface area contributed by atoms with Crippen molar-refractivity contribution in [1.82, 2.24) is 0 Å². The summed E-state index contributed by atoms with van der Waals surface area (Å²) in [5.74, 6) is 0. The molecule has 0 saturated carbocycles. The zero-order chi connectivity index (χ0) is 9.97. The second kappa shape index (κ2) is 3.67. The van der Waals surface area contributed by atoms with Gasteiger partial charge in [-0.05, 0) is 42.2 Å². The first-order chi connectivity index (χ1) is 6.77. The number of hydrogen-bond donors (Lipinski definition) is 0. The molecule has 14 heavy (non-hydrogen) atoms. The van der Waals surface area contributed by atoms with E-state index in [0.717, 1.165) is 0 Å². The standard InChI is InChI=1S/C14H13/c1-11-8-9-12(2)14(10-11)13-6-4-3-5-7-13/h3-7,9-10H,1-2H3. The highest BCUT2D eigenvalue weighted by Gasteiger charge is 2.00. The number of aryl methyl sites for hydroxylation is 2. The first-order valence-corrected chi connectivity index (χ1v) is 4.82. The summed E-state index contributed by atoms with van der Waals surface area (Å²) in [6.45, 7) is 4.20. The van der Waals surface area contributed by atoms with Crippen LogP contribution in [-0.4, -0.2) is 0 Å². The third-order valence-corrected chi connectivity index (χ3v) is 2.39. The third-order valence-electron chi connectivity index (χ3n) is 2.39. The van der Waals surface area contributed by atoms with Crippen LogP contribution in [-0.2, 0) is 0 Å². The molecule has 2 rings (SSSR count). The van der Waals surface area contributed by atoms with Crippen LogP contribution in [0.5, 0.6) is 0 Å². The van der Waals surface area contributed by atoms with E-state index in [2.05, 4.69) is 56.3 Å². The van der Waals surface area contributed by atoms with Crippen LogP contribution >= 0.6 is 0 Å². The summed E-state index contributed by atoms with van der Waals surface area (Å²) in [6, 6.07) is 17.9. The normalized spacial score (nSPS) is 10.1. The van der Waals surface area contributed by atoms with E-state index in [4.69, 9.17) is 0 Å². The Kier molecular flexibility index (Phi) is 2.36. The Labute approximate surface area is 85.2 Å². The average molecular weight is 181 g/mol. The molecular formula is C14H13. The number of hydrogen-bond acceptors (Lipinski definition) is 0. The predicted molar refractivity (Wildman–Crippen MR) is 60.2 cm³/mol. The van der Waals surface area contributed by atoms with Gasteiger partial charge in [0.1, 0.15) is 0 Å². The van der Waals surface area contributed by atoms with Crippen molar-refractivity contribution in [3.8, 4) is 11.1 Å². The van der Waals surface area contributed by atoms with Gasteiger partial charge in [-0.3, -0.25) is 0 Å². The second-order valence-corrected chi connectivity index (χ2v) is 3.58. The Hall–Kier alpha value is -1.56. The van der Waals surface area contributed by atoms with Gasteiger partial charge in [0.15, 0.2) is 0 Å². The first-order valence-electron chi connectivity index (χ1n) is 4.82. The molecule has 0 nitrogen and oxygen atoms in total. The van der Waals surface area contributed by atoms with Gasteiger partial charge in [-0.25, -0.2) is 0 Å². The minimum absolute atomic E-state index is 1.19. The fraction of sp³-hybridized carbons (Fsp3) is 0.143. The molecule has 0 aliphatic heterocycles. The lowest BCUT2D eigenvalue weighted by Crippen LogP contribution is -1.84. The van der Waals surface area contributed by atoms with Crippen molar-refractivity contribution in [2.24, 2.45) is 0 Å². The molecule has 69 valence electrons. The van der Waals surface area contributed by atoms with Gasteiger partial charge in [0.25, 0.3) is 0 Å². The van der Waals surface area contributed by atoms with E-state index >= 15 is 0 Å². The van der Waals surface area contributed by atoms with Crippen LogP contribution in [0.15, 0.2) is 42.5 Å². The fourth-order valence-electron chi connectivity index (χ4n) is 1.60. The molecule has 1 radical (unpaired) electrons. The maximum absolute atomic E-state index is 3.21. The van der Waals surface area contributed by atoms with Crippen molar-refractivity contribution < 1.29 is 0 Å². The van der Waals surface area contributed by atoms with Gasteiger partial charge in [-0.15, -0.1) is 0 Å². The van der Waals surface area contributed by atoms with E-state index in [1.165, 1.54) is 22.3 Å². The van der Waals surface area contributed by atoms with E-state index < -0.39 is 0 Å². The summed E-state index contributed by atoms with van der Waals surface area (Å²) in [5.41, 5.74) is 5.06. The Bertz CT molecular complexity index is 427. The molecule has 0 fully saturated rings. The van der Waals surface area contributed by atoms with Gasteiger partial charge in [0.05, 0.1) is 0 Å². The molecule has 0 bridgehead atoms. The summed E-state index contributed by atoms with van der Waals surface area (Å²) in [6.07, 6.45) is 0. The van der Waals surface area contributed by atoms with E-state index in [9.17, 15) is 0 Å². The topological polar surface area (TPSA) is 0 Å². The smallest absolute Gasteiger partial charge is 0.0149 e. The largest absolute Gasteiger partial charge is 0.0622 e. The highest BCUT2D eigenvalue weighted by molar-refractivity contribution is 5.67. The van der Waals surface area contributed by atoms with Crippen molar-refractivity contribution in [1.29, 1.82) is 0 Å². The summed E-state index contributed by atoms with van der Waals surface area (Å²) < 4.78 is 0. The number of rotatable bonds is 1. The van der Waals surface area contributed by atoms with E-state index in [1.807, 2.05) is 6.07 Å². The first kappa shape index (κ1) is 9.01. The van der Waals surface area contributed by atoms with Gasteiger partial charge in [-0.2, -0.15) is 0 Å². The average Bonchev–Trinajstić information content (AvgIpc) is 2.23. The van der Waals surface area contributed by atoms with Crippen LogP contribution < -0.4 is 0 Å². The lowest BCUT2D eigenvalue weighted by molar-refractivity contribution is 1.38. The summed E-state index contributed by atoms with van der Waals surface area (Å²) in [7, 11) is 0. The Morgan fingerprint density at radius 1 is 1.00 bits per heavy atom. The van der Waals surface area contributed by atoms with Gasteiger partial charge >= 0.3 is 0 Å². The van der Waals surface area contributed by atoms with Gasteiger partial charge in [0, 0.05) is 0 Å². The molecule has 0 aliphatic carbocycles. The number of benzene rings is 2. The lowest BCUT2D eigenvalue weighted by atomic mass is 9.99. The van der Waals surface area contributed by atoms with Crippen molar-refractivity contribution in [3.05, 3.63) is 59.7 Å². The molecule has 0 atom stereocenters. The molecular weight excluding hydrogens is 168 g/mol. The molecule has 0 heterocycles. The Morgan fingerprint density at radius 3 is 2.43 bits per heavy atom. The molecule has 2 aromatic rings. The Balaban J connectivity index is 2.57. The molecule has 0 aromatic heterocycles. The zero-order valence-electron chi connectivity index (χ0n) is 8.54. The molecule has 2 aromatic carbocycles. The third kappa shape index (κ3) is 1.69. The molecule has 0 aliphatic rings. The molecule has 0 saturated heterocycles. The maximum atomic E-state index is 3.21. The predicted octanol–water partition coefficient (Wildman–Crippen LogP) is 3.77. The van der Waals surface area contributed by atoms with E-state index in [-0.39, 0.29) is 0 Å². The van der Waals surface area contributed by atoms with Gasteiger partial charge in [-0.1, -0.05) is 42.5 Å². The van der Waals surface area contributed by atoms with Crippen molar-refractivity contribution >= 4 is 0 Å². The van der Waals surface area contributed by atoms with Crippen LogP contribution in [0.3, 0.4) is 0 Å². The highest BCUT2D eigenvalue weighted by Crippen LogP contribution is 2.23. The second-order valence-electron chi connectivity index (χ2n) is 3.58. The van der Waals surface area contributed by atoms with Crippen molar-refractivity contribution in [2.45, 2.75) is 13.8 Å². The fourth-order valence-corrected chi connectivity index (χ4v) is 1.60. The van der Waals surface area contributed by atoms with E-state index in [1.54, 1.807) is 0 Å². The molecule has 0 N–H and O–H groups in total. The van der Waals surface area contributed by atoms with E-state index in [0.29, 0.717) is 0 Å². The summed E-state index contributed by atoms with van der Waals surface area (Å²) in [5, 5.41) is 0. The van der Waals surface area contributed by atoms with Crippen LogP contribution in [0.1, 0.15) is 11.1 Å². The van der Waals surface area contributed by atoms with Crippen LogP contribution in [0.4, 0.5) is 0 Å². The Morgan fingerprint density at radius 2 is 1.71 bits per heavy atom. The summed E-state index contributed by atoms with van der Waals surface area (Å²) >= 11 is 0. The van der Waals surface area contributed by atoms with Crippen LogP contribution in [0.2, 0.25) is 0 Å². The quantitative estimate of drug-likeness (QED) is 0.628. The minimum atomic E-state index is 1.19. The van der Waals surface area contributed by atoms with Gasteiger partial charge < -0.3 is 0 Å². The zero-order valence-corrected chi connectivity index (χ0v) is 8.54. The molecule has 0 heteroatoms. The summed E-state index contributed by atoms with van der Waals surface area (Å²) in [4.78, 5) is 0. The highest BCUT2D eigenvalue weighted by atomic mass is 14.0. The lowest BCUT2D eigenvalue weighted by Gasteiger charge is -2.06.